The van der Waals surface area contributed by atoms with E-state index in [0.717, 1.165) is 7.05 Å². The molecule has 0 aliphatic rings. The zero-order chi connectivity index (χ0) is 11.4. The predicted molar refractivity (Wildman–Crippen MR) is 43.3 cm³/mol. The number of nitrogens with zero attached hydrogens (tertiary/aromatic N) is 1. The molecule has 6 heteroatoms. The zero-order valence-electron chi connectivity index (χ0n) is 7.97. The van der Waals surface area contributed by atoms with Crippen molar-refractivity contribution in [2.24, 2.45) is 5.92 Å². The monoisotopic (exact) mass is 211 g/mol. The Morgan fingerprint density at radius 3 is 2.29 bits per heavy atom. The number of carbonyl (C=O) groups excluding carboxylic acids is 2. The van der Waals surface area contributed by atoms with Crippen molar-refractivity contribution in [1.82, 2.24) is 4.90 Å². The molecule has 0 aromatic rings. The van der Waals surface area contributed by atoms with E-state index in [-0.39, 0.29) is 12.8 Å². The Balaban J connectivity index is 4.33. The highest BCUT2D eigenvalue weighted by atomic mass is 19.4. The molecular weight excluding hydrogens is 199 g/mol. The molecule has 3 nitrogen and oxygen atoms in total. The maximum absolute atomic E-state index is 12.2. The van der Waals surface area contributed by atoms with E-state index in [0.29, 0.717) is 4.90 Å². The molecule has 0 saturated heterocycles. The first kappa shape index (κ1) is 12.9. The van der Waals surface area contributed by atoms with Crippen molar-refractivity contribution < 1.29 is 22.8 Å². The Kier molecular flexibility index (Phi) is 4.59. The lowest BCUT2D eigenvalue weighted by Crippen LogP contribution is -2.32. The average Bonchev–Trinajstić information content (AvgIpc) is 2.10. The first-order chi connectivity index (χ1) is 6.32. The van der Waals surface area contributed by atoms with Crippen LogP contribution < -0.4 is 0 Å². The molecule has 0 fully saturated rings. The fourth-order valence-electron chi connectivity index (χ4n) is 0.905. The van der Waals surface area contributed by atoms with Gasteiger partial charge in [0.1, 0.15) is 0 Å². The van der Waals surface area contributed by atoms with Gasteiger partial charge < -0.3 is 0 Å². The Labute approximate surface area is 79.9 Å². The van der Waals surface area contributed by atoms with E-state index in [1.807, 2.05) is 0 Å². The molecule has 82 valence electrons. The molecule has 0 spiro atoms. The van der Waals surface area contributed by atoms with Crippen LogP contribution in [0.1, 0.15) is 19.8 Å². The highest BCUT2D eigenvalue weighted by Crippen LogP contribution is 2.31. The number of halogens is 3. The SMILES string of the molecule is CCC(CC(=O)N(C)C=O)C(F)(F)F. The van der Waals surface area contributed by atoms with Gasteiger partial charge in [0.25, 0.3) is 0 Å². The topological polar surface area (TPSA) is 37.4 Å². The molecule has 0 N–H and O–H groups in total. The lowest BCUT2D eigenvalue weighted by Gasteiger charge is -2.19. The van der Waals surface area contributed by atoms with Gasteiger partial charge in [-0.25, -0.2) is 0 Å². The van der Waals surface area contributed by atoms with Gasteiger partial charge >= 0.3 is 6.18 Å². The first-order valence-corrected chi connectivity index (χ1v) is 4.10. The lowest BCUT2D eigenvalue weighted by atomic mass is 10.0. The van der Waals surface area contributed by atoms with Gasteiger partial charge in [0, 0.05) is 13.5 Å². The standard InChI is InChI=1S/C8H12F3NO2/c1-3-6(8(9,10)11)4-7(14)12(2)5-13/h5-6H,3-4H2,1-2H3. The smallest absolute Gasteiger partial charge is 0.288 e. The molecule has 14 heavy (non-hydrogen) atoms. The van der Waals surface area contributed by atoms with E-state index >= 15 is 0 Å². The van der Waals surface area contributed by atoms with Crippen molar-refractivity contribution in [2.75, 3.05) is 7.05 Å². The third-order valence-corrected chi connectivity index (χ3v) is 1.93. The minimum Gasteiger partial charge on any atom is -0.288 e. The summed E-state index contributed by atoms with van der Waals surface area (Å²) in [4.78, 5) is 21.7. The number of imide groups is 1. The van der Waals surface area contributed by atoms with Gasteiger partial charge in [-0.05, 0) is 6.42 Å². The summed E-state index contributed by atoms with van der Waals surface area (Å²) in [5, 5.41) is 0. The van der Waals surface area contributed by atoms with Crippen LogP contribution in [0, 0.1) is 5.92 Å². The summed E-state index contributed by atoms with van der Waals surface area (Å²) in [6.07, 6.45) is -5.02. The van der Waals surface area contributed by atoms with Crippen LogP contribution in [0.3, 0.4) is 0 Å². The molecule has 0 aliphatic heterocycles. The van der Waals surface area contributed by atoms with E-state index < -0.39 is 24.4 Å². The van der Waals surface area contributed by atoms with E-state index in [1.54, 1.807) is 0 Å². The molecule has 1 atom stereocenters. The van der Waals surface area contributed by atoms with Crippen molar-refractivity contribution in [1.29, 1.82) is 0 Å². The van der Waals surface area contributed by atoms with Crippen LogP contribution >= 0.6 is 0 Å². The molecule has 0 aromatic carbocycles. The predicted octanol–water partition coefficient (Wildman–Crippen LogP) is 1.58. The molecule has 2 amide bonds. The van der Waals surface area contributed by atoms with Crippen LogP contribution in [-0.4, -0.2) is 30.4 Å². The molecule has 0 heterocycles. The number of hydrogen-bond acceptors (Lipinski definition) is 2. The van der Waals surface area contributed by atoms with Gasteiger partial charge in [0.2, 0.25) is 12.3 Å². The summed E-state index contributed by atoms with van der Waals surface area (Å²) in [6, 6.07) is 0. The maximum atomic E-state index is 12.2. The average molecular weight is 211 g/mol. The van der Waals surface area contributed by atoms with E-state index in [9.17, 15) is 22.8 Å². The lowest BCUT2D eigenvalue weighted by molar-refractivity contribution is -0.181. The van der Waals surface area contributed by atoms with Crippen molar-refractivity contribution in [3.8, 4) is 0 Å². The first-order valence-electron chi connectivity index (χ1n) is 4.10. The second-order valence-electron chi connectivity index (χ2n) is 2.96. The van der Waals surface area contributed by atoms with E-state index in [4.69, 9.17) is 0 Å². The Morgan fingerprint density at radius 1 is 1.50 bits per heavy atom. The minimum absolute atomic E-state index is 0.165. The molecule has 0 aromatic heterocycles. The zero-order valence-corrected chi connectivity index (χ0v) is 7.97. The number of hydrogen-bond donors (Lipinski definition) is 0. The third-order valence-electron chi connectivity index (χ3n) is 1.93. The van der Waals surface area contributed by atoms with Crippen LogP contribution in [0.25, 0.3) is 0 Å². The summed E-state index contributed by atoms with van der Waals surface area (Å²) >= 11 is 0. The summed E-state index contributed by atoms with van der Waals surface area (Å²) < 4.78 is 36.6. The quantitative estimate of drug-likeness (QED) is 0.662. The number of carbonyl (C=O) groups is 2. The van der Waals surface area contributed by atoms with Gasteiger partial charge in [-0.15, -0.1) is 0 Å². The third kappa shape index (κ3) is 3.76. The van der Waals surface area contributed by atoms with Gasteiger partial charge in [-0.1, -0.05) is 6.92 Å². The van der Waals surface area contributed by atoms with Crippen LogP contribution in [-0.2, 0) is 9.59 Å². The van der Waals surface area contributed by atoms with Crippen molar-refractivity contribution in [3.05, 3.63) is 0 Å². The van der Waals surface area contributed by atoms with Crippen LogP contribution in [0.4, 0.5) is 13.2 Å². The van der Waals surface area contributed by atoms with Crippen LogP contribution in [0.2, 0.25) is 0 Å². The molecule has 1 unspecified atom stereocenters. The summed E-state index contributed by atoms with van der Waals surface area (Å²) in [7, 11) is 1.14. The van der Waals surface area contributed by atoms with E-state index in [1.165, 1.54) is 6.92 Å². The normalized spacial score (nSPS) is 13.5. The van der Waals surface area contributed by atoms with Gasteiger partial charge in [-0.3, -0.25) is 14.5 Å². The molecule has 0 aliphatic carbocycles. The minimum atomic E-state index is -4.38. The summed E-state index contributed by atoms with van der Waals surface area (Å²) in [5.41, 5.74) is 0. The maximum Gasteiger partial charge on any atom is 0.392 e. The summed E-state index contributed by atoms with van der Waals surface area (Å²) in [6.45, 7) is 1.35. The highest BCUT2D eigenvalue weighted by Gasteiger charge is 2.39. The molecular formula is C8H12F3NO2. The molecule has 0 rings (SSSR count). The van der Waals surface area contributed by atoms with E-state index in [2.05, 4.69) is 0 Å². The van der Waals surface area contributed by atoms with Crippen molar-refractivity contribution >= 4 is 12.3 Å². The Bertz CT molecular complexity index is 215. The second kappa shape index (κ2) is 4.97. The highest BCUT2D eigenvalue weighted by molar-refractivity contribution is 5.85. The van der Waals surface area contributed by atoms with Gasteiger partial charge in [0.15, 0.2) is 0 Å². The number of alkyl halides is 3. The van der Waals surface area contributed by atoms with Crippen LogP contribution in [0.5, 0.6) is 0 Å². The molecule has 0 saturated carbocycles. The summed E-state index contributed by atoms with van der Waals surface area (Å²) in [5.74, 6) is -2.48. The van der Waals surface area contributed by atoms with Gasteiger partial charge in [0.05, 0.1) is 5.92 Å². The number of rotatable bonds is 4. The van der Waals surface area contributed by atoms with Crippen molar-refractivity contribution in [2.45, 2.75) is 25.9 Å². The van der Waals surface area contributed by atoms with Crippen molar-refractivity contribution in [3.63, 3.8) is 0 Å². The van der Waals surface area contributed by atoms with Crippen LogP contribution in [0.15, 0.2) is 0 Å². The molecule has 0 bridgehead atoms. The van der Waals surface area contributed by atoms with Gasteiger partial charge in [-0.2, -0.15) is 13.2 Å². The fraction of sp³-hybridized carbons (Fsp3) is 0.750. The second-order valence-corrected chi connectivity index (χ2v) is 2.96. The molecule has 0 radical (unpaired) electrons. The Hall–Kier alpha value is -1.07. The largest absolute Gasteiger partial charge is 0.392 e. The fourth-order valence-corrected chi connectivity index (χ4v) is 0.905. The number of amides is 2. The Morgan fingerprint density at radius 2 is 2.00 bits per heavy atom.